The highest BCUT2D eigenvalue weighted by atomic mass is 32.2. The minimum absolute atomic E-state index is 0.440. The second-order valence-corrected chi connectivity index (χ2v) is 9.76. The van der Waals surface area contributed by atoms with Gasteiger partial charge in [-0.15, -0.1) is 11.8 Å². The van der Waals surface area contributed by atoms with Crippen LogP contribution in [-0.4, -0.2) is 61.7 Å². The first-order chi connectivity index (χ1) is 15.4. The summed E-state index contributed by atoms with van der Waals surface area (Å²) in [6.07, 6.45) is 2.97. The third-order valence-corrected chi connectivity index (χ3v) is 7.61. The number of carbonyl (C=O) groups is 1. The molecule has 0 N–H and O–H groups in total. The van der Waals surface area contributed by atoms with E-state index < -0.39 is 17.7 Å². The molecule has 0 radical (unpaired) electrons. The lowest BCUT2D eigenvalue weighted by molar-refractivity contribution is -0.108. The molecule has 2 aromatic carbocycles. The SMILES string of the molecule is CC1CN(c2ccccc2C=C2SCCN(c3ccc(F)c(F)c3)C2C=O)CC(C)N1C. The number of piperazine rings is 1. The van der Waals surface area contributed by atoms with Crippen molar-refractivity contribution >= 4 is 35.5 Å². The normalized spacial score (nSPS) is 25.9. The van der Waals surface area contributed by atoms with Crippen molar-refractivity contribution in [2.45, 2.75) is 32.0 Å². The summed E-state index contributed by atoms with van der Waals surface area (Å²) in [5, 5.41) is 0. The molecular weight excluding hydrogens is 428 g/mol. The summed E-state index contributed by atoms with van der Waals surface area (Å²) in [5.74, 6) is -1.03. The lowest BCUT2D eigenvalue weighted by atomic mass is 10.0. The van der Waals surface area contributed by atoms with Gasteiger partial charge in [-0.05, 0) is 50.7 Å². The van der Waals surface area contributed by atoms with E-state index in [0.717, 1.165) is 47.4 Å². The van der Waals surface area contributed by atoms with Gasteiger partial charge in [0.1, 0.15) is 12.3 Å². The molecule has 2 saturated heterocycles. The lowest BCUT2D eigenvalue weighted by Gasteiger charge is -2.44. The van der Waals surface area contributed by atoms with Gasteiger partial charge in [0.15, 0.2) is 11.6 Å². The van der Waals surface area contributed by atoms with Gasteiger partial charge >= 0.3 is 0 Å². The second-order valence-electron chi connectivity index (χ2n) is 8.60. The molecule has 0 saturated carbocycles. The van der Waals surface area contributed by atoms with E-state index in [-0.39, 0.29) is 0 Å². The molecule has 0 aliphatic carbocycles. The van der Waals surface area contributed by atoms with Crippen molar-refractivity contribution in [2.24, 2.45) is 0 Å². The topological polar surface area (TPSA) is 26.8 Å². The standard InChI is InChI=1S/C25H29F2N3OS/c1-17-14-29(15-18(2)28(17)3)23-7-5-4-6-19(23)12-25-24(16-31)30(10-11-32-25)20-8-9-21(26)22(27)13-20/h4-9,12-13,16-18,24H,10-11,14-15H2,1-3H3. The molecule has 32 heavy (non-hydrogen) atoms. The van der Waals surface area contributed by atoms with Crippen LogP contribution >= 0.6 is 11.8 Å². The number of thioether (sulfide) groups is 1. The summed E-state index contributed by atoms with van der Waals surface area (Å²) in [5.41, 5.74) is 2.74. The molecule has 2 fully saturated rings. The molecule has 2 aliphatic heterocycles. The van der Waals surface area contributed by atoms with Crippen molar-refractivity contribution < 1.29 is 13.6 Å². The Morgan fingerprint density at radius 2 is 1.75 bits per heavy atom. The van der Waals surface area contributed by atoms with E-state index in [0.29, 0.717) is 24.3 Å². The molecule has 170 valence electrons. The molecule has 0 spiro atoms. The smallest absolute Gasteiger partial charge is 0.160 e. The maximum atomic E-state index is 13.8. The van der Waals surface area contributed by atoms with Crippen LogP contribution in [0.4, 0.5) is 20.2 Å². The number of aldehydes is 1. The van der Waals surface area contributed by atoms with Gasteiger partial charge in [-0.1, -0.05) is 18.2 Å². The van der Waals surface area contributed by atoms with E-state index in [1.807, 2.05) is 17.0 Å². The molecule has 4 rings (SSSR count). The molecule has 2 heterocycles. The Labute approximate surface area is 192 Å². The second kappa shape index (κ2) is 9.63. The zero-order valence-corrected chi connectivity index (χ0v) is 19.5. The van der Waals surface area contributed by atoms with Crippen molar-refractivity contribution in [3.63, 3.8) is 0 Å². The number of halogens is 2. The average Bonchev–Trinajstić information content (AvgIpc) is 2.79. The highest BCUT2D eigenvalue weighted by Gasteiger charge is 2.30. The van der Waals surface area contributed by atoms with Gasteiger partial charge in [0.25, 0.3) is 0 Å². The van der Waals surface area contributed by atoms with E-state index in [2.05, 4.69) is 48.9 Å². The van der Waals surface area contributed by atoms with Gasteiger partial charge < -0.3 is 14.6 Å². The van der Waals surface area contributed by atoms with E-state index in [1.54, 1.807) is 11.8 Å². The maximum absolute atomic E-state index is 13.8. The first-order valence-electron chi connectivity index (χ1n) is 11.0. The summed E-state index contributed by atoms with van der Waals surface area (Å²) < 4.78 is 27.3. The van der Waals surface area contributed by atoms with Crippen molar-refractivity contribution in [2.75, 3.05) is 42.2 Å². The maximum Gasteiger partial charge on any atom is 0.160 e. The molecule has 3 unspecified atom stereocenters. The number of para-hydroxylation sites is 1. The molecule has 0 amide bonds. The molecule has 7 heteroatoms. The molecule has 0 bridgehead atoms. The highest BCUT2D eigenvalue weighted by Crippen LogP contribution is 2.35. The summed E-state index contributed by atoms with van der Waals surface area (Å²) in [6, 6.07) is 12.4. The van der Waals surface area contributed by atoms with Crippen molar-refractivity contribution in [3.8, 4) is 0 Å². The van der Waals surface area contributed by atoms with Crippen molar-refractivity contribution in [3.05, 3.63) is 64.6 Å². The first kappa shape index (κ1) is 22.8. The van der Waals surface area contributed by atoms with Crippen LogP contribution < -0.4 is 9.80 Å². The Bertz CT molecular complexity index is 1000. The Morgan fingerprint density at radius 3 is 2.44 bits per heavy atom. The van der Waals surface area contributed by atoms with Crippen LogP contribution in [0.3, 0.4) is 0 Å². The van der Waals surface area contributed by atoms with Crippen LogP contribution in [0.5, 0.6) is 0 Å². The fraction of sp³-hybridized carbons (Fsp3) is 0.400. The molecule has 0 aromatic heterocycles. The summed E-state index contributed by atoms with van der Waals surface area (Å²) in [6.45, 7) is 6.94. The van der Waals surface area contributed by atoms with E-state index in [9.17, 15) is 13.6 Å². The number of rotatable bonds is 4. The Balaban J connectivity index is 1.66. The first-order valence-corrected chi connectivity index (χ1v) is 11.9. The lowest BCUT2D eigenvalue weighted by Crippen LogP contribution is -2.55. The quantitative estimate of drug-likeness (QED) is 0.623. The van der Waals surface area contributed by atoms with Gasteiger partial charge in [-0.25, -0.2) is 8.78 Å². The summed E-state index contributed by atoms with van der Waals surface area (Å²) >= 11 is 1.65. The minimum atomic E-state index is -0.903. The predicted molar refractivity (Wildman–Crippen MR) is 129 cm³/mol. The molecule has 2 aliphatic rings. The Kier molecular flexibility index (Phi) is 6.86. The van der Waals surface area contributed by atoms with Crippen LogP contribution in [-0.2, 0) is 4.79 Å². The van der Waals surface area contributed by atoms with Gasteiger partial charge in [-0.3, -0.25) is 4.90 Å². The Morgan fingerprint density at radius 1 is 1.03 bits per heavy atom. The van der Waals surface area contributed by atoms with Gasteiger partial charge in [-0.2, -0.15) is 0 Å². The fourth-order valence-corrected chi connectivity index (χ4v) is 5.60. The van der Waals surface area contributed by atoms with Gasteiger partial charge in [0.2, 0.25) is 0 Å². The van der Waals surface area contributed by atoms with Crippen LogP contribution in [0.15, 0.2) is 47.4 Å². The molecule has 2 aromatic rings. The number of likely N-dealkylation sites (N-methyl/N-ethyl adjacent to an activating group) is 1. The zero-order valence-electron chi connectivity index (χ0n) is 18.7. The number of carbonyl (C=O) groups excluding carboxylic acids is 1. The van der Waals surface area contributed by atoms with Crippen LogP contribution in [0.2, 0.25) is 0 Å². The third-order valence-electron chi connectivity index (χ3n) is 6.53. The molecular formula is C25H29F2N3OS. The zero-order chi connectivity index (χ0) is 22.8. The number of hydrogen-bond acceptors (Lipinski definition) is 5. The average molecular weight is 458 g/mol. The highest BCUT2D eigenvalue weighted by molar-refractivity contribution is 8.03. The number of nitrogens with zero attached hydrogens (tertiary/aromatic N) is 3. The largest absolute Gasteiger partial charge is 0.368 e. The summed E-state index contributed by atoms with van der Waals surface area (Å²) in [7, 11) is 2.17. The minimum Gasteiger partial charge on any atom is -0.368 e. The Hall–Kier alpha value is -2.38. The van der Waals surface area contributed by atoms with E-state index in [1.165, 1.54) is 12.1 Å². The fourth-order valence-electron chi connectivity index (χ4n) is 4.51. The molecule has 4 nitrogen and oxygen atoms in total. The monoisotopic (exact) mass is 457 g/mol. The van der Waals surface area contributed by atoms with Crippen LogP contribution in [0.1, 0.15) is 19.4 Å². The predicted octanol–water partition coefficient (Wildman–Crippen LogP) is 4.66. The summed E-state index contributed by atoms with van der Waals surface area (Å²) in [4.78, 5) is 19.7. The van der Waals surface area contributed by atoms with E-state index >= 15 is 0 Å². The third kappa shape index (κ3) is 4.55. The number of benzene rings is 2. The van der Waals surface area contributed by atoms with E-state index in [4.69, 9.17) is 0 Å². The molecule has 3 atom stereocenters. The number of hydrogen-bond donors (Lipinski definition) is 0. The van der Waals surface area contributed by atoms with Crippen LogP contribution in [0.25, 0.3) is 6.08 Å². The van der Waals surface area contributed by atoms with Gasteiger partial charge in [0.05, 0.1) is 0 Å². The number of anilines is 2. The van der Waals surface area contributed by atoms with Crippen molar-refractivity contribution in [1.82, 2.24) is 4.90 Å². The van der Waals surface area contributed by atoms with Crippen molar-refractivity contribution in [1.29, 1.82) is 0 Å². The van der Waals surface area contributed by atoms with Crippen LogP contribution in [0, 0.1) is 11.6 Å². The van der Waals surface area contributed by atoms with Gasteiger partial charge in [0, 0.05) is 59.8 Å².